The number of nitrogens with two attached hydrogens (primary N) is 1. The summed E-state index contributed by atoms with van der Waals surface area (Å²) in [5, 5.41) is 0. The molecule has 1 rings (SSSR count). The van der Waals surface area contributed by atoms with Gasteiger partial charge in [-0.05, 0) is 12.1 Å². The maximum Gasteiger partial charge on any atom is 0.256 e. The van der Waals surface area contributed by atoms with Crippen LogP contribution in [0.4, 0.5) is 0 Å². The van der Waals surface area contributed by atoms with Gasteiger partial charge in [0, 0.05) is 12.7 Å². The number of rotatable bonds is 4. The minimum Gasteiger partial charge on any atom is -0.487 e. The van der Waals surface area contributed by atoms with Crippen molar-refractivity contribution in [1.29, 1.82) is 0 Å². The predicted molar refractivity (Wildman–Crippen MR) is 45.3 cm³/mol. The van der Waals surface area contributed by atoms with Gasteiger partial charge in [0.2, 0.25) is 0 Å². The van der Waals surface area contributed by atoms with E-state index in [0.29, 0.717) is 24.8 Å². The first-order valence-corrected chi connectivity index (χ1v) is 3.70. The zero-order chi connectivity index (χ0) is 8.81. The highest BCUT2D eigenvalue weighted by Gasteiger charge is 2.02. The van der Waals surface area contributed by atoms with E-state index in [2.05, 4.69) is 4.98 Å². The van der Waals surface area contributed by atoms with E-state index >= 15 is 0 Å². The molecule has 0 aliphatic carbocycles. The summed E-state index contributed by atoms with van der Waals surface area (Å²) in [6, 6.07) is 3.58. The molecule has 1 aromatic heterocycles. The Labute approximate surface area is 71.3 Å². The lowest BCUT2D eigenvalue weighted by Gasteiger charge is -2.07. The molecule has 0 fully saturated rings. The van der Waals surface area contributed by atoms with E-state index in [9.17, 15) is 0 Å². The number of hydrogen-bond acceptors (Lipinski definition) is 4. The third kappa shape index (κ3) is 2.10. The Kier molecular flexibility index (Phi) is 3.35. The minimum absolute atomic E-state index is 0.474. The van der Waals surface area contributed by atoms with Crippen LogP contribution in [-0.4, -0.2) is 25.2 Å². The molecule has 0 spiro atoms. The van der Waals surface area contributed by atoms with Gasteiger partial charge in [-0.25, -0.2) is 4.98 Å². The summed E-state index contributed by atoms with van der Waals surface area (Å²) >= 11 is 0. The van der Waals surface area contributed by atoms with Crippen LogP contribution in [0.25, 0.3) is 0 Å². The molecule has 0 aliphatic heterocycles. The number of ether oxygens (including phenoxy) is 2. The molecule has 0 aromatic carbocycles. The quantitative estimate of drug-likeness (QED) is 0.708. The SMILES string of the molecule is COc1ncccc1OCCN. The Morgan fingerprint density at radius 2 is 2.42 bits per heavy atom. The summed E-state index contributed by atoms with van der Waals surface area (Å²) < 4.78 is 10.2. The van der Waals surface area contributed by atoms with Crippen molar-refractivity contribution >= 4 is 0 Å². The lowest BCUT2D eigenvalue weighted by molar-refractivity contribution is 0.296. The summed E-state index contributed by atoms with van der Waals surface area (Å²) in [5.74, 6) is 1.12. The summed E-state index contributed by atoms with van der Waals surface area (Å²) in [4.78, 5) is 3.96. The Balaban J connectivity index is 2.68. The maximum absolute atomic E-state index is 5.28. The molecule has 0 saturated heterocycles. The molecule has 0 aliphatic rings. The third-order valence-electron chi connectivity index (χ3n) is 1.31. The topological polar surface area (TPSA) is 57.4 Å². The monoisotopic (exact) mass is 168 g/mol. The molecular weight excluding hydrogens is 156 g/mol. The summed E-state index contributed by atoms with van der Waals surface area (Å²) in [7, 11) is 1.55. The molecule has 1 aromatic rings. The van der Waals surface area contributed by atoms with E-state index < -0.39 is 0 Å². The van der Waals surface area contributed by atoms with E-state index in [1.807, 2.05) is 0 Å². The van der Waals surface area contributed by atoms with Gasteiger partial charge in [-0.1, -0.05) is 0 Å². The summed E-state index contributed by atoms with van der Waals surface area (Å²) in [6.45, 7) is 0.958. The van der Waals surface area contributed by atoms with Crippen LogP contribution < -0.4 is 15.2 Å². The van der Waals surface area contributed by atoms with Crippen LogP contribution in [-0.2, 0) is 0 Å². The first-order chi connectivity index (χ1) is 5.88. The van der Waals surface area contributed by atoms with Gasteiger partial charge in [0.25, 0.3) is 5.88 Å². The number of pyridine rings is 1. The van der Waals surface area contributed by atoms with Gasteiger partial charge >= 0.3 is 0 Å². The predicted octanol–water partition coefficient (Wildman–Crippen LogP) is 0.428. The van der Waals surface area contributed by atoms with Crippen molar-refractivity contribution in [2.24, 2.45) is 5.73 Å². The van der Waals surface area contributed by atoms with Crippen LogP contribution in [0.1, 0.15) is 0 Å². The molecule has 4 nitrogen and oxygen atoms in total. The molecule has 4 heteroatoms. The first-order valence-electron chi connectivity index (χ1n) is 3.70. The molecule has 12 heavy (non-hydrogen) atoms. The Bertz CT molecular complexity index is 240. The van der Waals surface area contributed by atoms with E-state index in [0.717, 1.165) is 0 Å². The molecule has 0 bridgehead atoms. The number of aromatic nitrogens is 1. The van der Waals surface area contributed by atoms with Crippen molar-refractivity contribution in [2.75, 3.05) is 20.3 Å². The van der Waals surface area contributed by atoms with Crippen molar-refractivity contribution in [3.05, 3.63) is 18.3 Å². The minimum atomic E-state index is 0.474. The van der Waals surface area contributed by atoms with Gasteiger partial charge < -0.3 is 15.2 Å². The van der Waals surface area contributed by atoms with Gasteiger partial charge in [0.1, 0.15) is 6.61 Å². The largest absolute Gasteiger partial charge is 0.487 e. The lowest BCUT2D eigenvalue weighted by Crippen LogP contribution is -2.11. The van der Waals surface area contributed by atoms with Crippen molar-refractivity contribution in [3.63, 3.8) is 0 Å². The van der Waals surface area contributed by atoms with Gasteiger partial charge in [-0.3, -0.25) is 0 Å². The van der Waals surface area contributed by atoms with Crippen LogP contribution in [0.15, 0.2) is 18.3 Å². The zero-order valence-electron chi connectivity index (χ0n) is 6.99. The number of methoxy groups -OCH3 is 1. The molecule has 0 atom stereocenters. The molecule has 0 unspecified atom stereocenters. The third-order valence-corrected chi connectivity index (χ3v) is 1.31. The van der Waals surface area contributed by atoms with E-state index in [-0.39, 0.29) is 0 Å². The van der Waals surface area contributed by atoms with E-state index in [1.165, 1.54) is 0 Å². The summed E-state index contributed by atoms with van der Waals surface area (Å²) in [6.07, 6.45) is 1.65. The van der Waals surface area contributed by atoms with Crippen molar-refractivity contribution in [3.8, 4) is 11.6 Å². The maximum atomic E-state index is 5.28. The van der Waals surface area contributed by atoms with E-state index in [1.54, 1.807) is 25.4 Å². The second kappa shape index (κ2) is 4.56. The van der Waals surface area contributed by atoms with Gasteiger partial charge in [0.05, 0.1) is 7.11 Å². The lowest BCUT2D eigenvalue weighted by atomic mass is 10.4. The number of hydrogen-bond donors (Lipinski definition) is 1. The molecule has 0 amide bonds. The highest BCUT2D eigenvalue weighted by molar-refractivity contribution is 5.32. The van der Waals surface area contributed by atoms with Gasteiger partial charge in [-0.15, -0.1) is 0 Å². The first kappa shape index (κ1) is 8.80. The smallest absolute Gasteiger partial charge is 0.256 e. The normalized spacial score (nSPS) is 9.50. The van der Waals surface area contributed by atoms with Crippen molar-refractivity contribution < 1.29 is 9.47 Å². The molecule has 66 valence electrons. The van der Waals surface area contributed by atoms with Crippen LogP contribution in [0, 0.1) is 0 Å². The van der Waals surface area contributed by atoms with Crippen LogP contribution in [0.3, 0.4) is 0 Å². The second-order valence-corrected chi connectivity index (χ2v) is 2.15. The standard InChI is InChI=1S/C8H12N2O2/c1-11-8-7(12-6-4-9)3-2-5-10-8/h2-3,5H,4,6,9H2,1H3. The molecule has 1 heterocycles. The number of nitrogens with zero attached hydrogens (tertiary/aromatic N) is 1. The Morgan fingerprint density at radius 3 is 3.08 bits per heavy atom. The fourth-order valence-corrected chi connectivity index (χ4v) is 0.808. The van der Waals surface area contributed by atoms with Crippen molar-refractivity contribution in [1.82, 2.24) is 4.98 Å². The molecule has 0 saturated carbocycles. The van der Waals surface area contributed by atoms with Gasteiger partial charge in [-0.2, -0.15) is 0 Å². The zero-order valence-corrected chi connectivity index (χ0v) is 6.99. The Morgan fingerprint density at radius 1 is 1.58 bits per heavy atom. The average molecular weight is 168 g/mol. The van der Waals surface area contributed by atoms with E-state index in [4.69, 9.17) is 15.2 Å². The fraction of sp³-hybridized carbons (Fsp3) is 0.375. The highest BCUT2D eigenvalue weighted by atomic mass is 16.5. The summed E-state index contributed by atoms with van der Waals surface area (Å²) in [5.41, 5.74) is 5.28. The highest BCUT2D eigenvalue weighted by Crippen LogP contribution is 2.22. The molecule has 2 N–H and O–H groups in total. The Hall–Kier alpha value is -1.29. The van der Waals surface area contributed by atoms with Crippen LogP contribution in [0.5, 0.6) is 11.6 Å². The molecule has 0 radical (unpaired) electrons. The van der Waals surface area contributed by atoms with Crippen LogP contribution >= 0.6 is 0 Å². The van der Waals surface area contributed by atoms with Crippen molar-refractivity contribution in [2.45, 2.75) is 0 Å². The molecular formula is C8H12N2O2. The van der Waals surface area contributed by atoms with Gasteiger partial charge in [0.15, 0.2) is 5.75 Å². The second-order valence-electron chi connectivity index (χ2n) is 2.15. The van der Waals surface area contributed by atoms with Crippen LogP contribution in [0.2, 0.25) is 0 Å². The average Bonchev–Trinajstić information content (AvgIpc) is 2.15. The fourth-order valence-electron chi connectivity index (χ4n) is 0.808.